The van der Waals surface area contributed by atoms with Crippen LogP contribution in [0.3, 0.4) is 0 Å². The van der Waals surface area contributed by atoms with Crippen LogP contribution in [-0.4, -0.2) is 38.1 Å². The molecule has 1 fully saturated rings. The standard InChI is InChI=1S/C24H23NO3S/c26-24(22-13-11-20(12-14-22)19-7-3-1-4-8-19)25-16-15-23(29(27,28)18-17-25)21-9-5-2-6-10-21/h1-14,23H,15-18H2. The molecular weight excluding hydrogens is 382 g/mol. The van der Waals surface area contributed by atoms with Crippen molar-refractivity contribution in [2.24, 2.45) is 0 Å². The van der Waals surface area contributed by atoms with E-state index in [4.69, 9.17) is 0 Å². The van der Waals surface area contributed by atoms with Crippen molar-refractivity contribution in [2.45, 2.75) is 11.7 Å². The van der Waals surface area contributed by atoms with E-state index in [2.05, 4.69) is 0 Å². The third-order valence-corrected chi connectivity index (χ3v) is 7.56. The normalized spacial score (nSPS) is 18.8. The zero-order valence-corrected chi connectivity index (χ0v) is 16.9. The van der Waals surface area contributed by atoms with Gasteiger partial charge < -0.3 is 4.90 Å². The minimum Gasteiger partial charge on any atom is -0.338 e. The monoisotopic (exact) mass is 405 g/mol. The van der Waals surface area contributed by atoms with E-state index >= 15 is 0 Å². The zero-order chi connectivity index (χ0) is 20.3. The molecule has 4 nitrogen and oxygen atoms in total. The fraction of sp³-hybridized carbons (Fsp3) is 0.208. The highest BCUT2D eigenvalue weighted by Gasteiger charge is 2.32. The molecule has 0 saturated carbocycles. The fourth-order valence-corrected chi connectivity index (χ4v) is 5.60. The first-order valence-electron chi connectivity index (χ1n) is 9.76. The zero-order valence-electron chi connectivity index (χ0n) is 16.1. The average molecular weight is 406 g/mol. The maximum absolute atomic E-state index is 13.0. The van der Waals surface area contributed by atoms with Gasteiger partial charge in [0.15, 0.2) is 9.84 Å². The lowest BCUT2D eigenvalue weighted by Crippen LogP contribution is -2.33. The van der Waals surface area contributed by atoms with E-state index in [0.29, 0.717) is 18.5 Å². The second-order valence-corrected chi connectivity index (χ2v) is 9.59. The number of sulfone groups is 1. The smallest absolute Gasteiger partial charge is 0.253 e. The molecule has 1 aliphatic heterocycles. The van der Waals surface area contributed by atoms with E-state index < -0.39 is 15.1 Å². The molecule has 0 aromatic heterocycles. The van der Waals surface area contributed by atoms with E-state index in [1.54, 1.807) is 4.90 Å². The molecule has 5 heteroatoms. The first kappa shape index (κ1) is 19.4. The fourth-order valence-electron chi connectivity index (χ4n) is 3.81. The van der Waals surface area contributed by atoms with Crippen LogP contribution in [0, 0.1) is 0 Å². The Bertz CT molecular complexity index is 1080. The molecule has 1 atom stereocenters. The van der Waals surface area contributed by atoms with Crippen LogP contribution in [0.15, 0.2) is 84.9 Å². The third-order valence-electron chi connectivity index (χ3n) is 5.44. The summed E-state index contributed by atoms with van der Waals surface area (Å²) >= 11 is 0. The Hall–Kier alpha value is -2.92. The summed E-state index contributed by atoms with van der Waals surface area (Å²) in [6, 6.07) is 26.8. The van der Waals surface area contributed by atoms with E-state index in [-0.39, 0.29) is 18.2 Å². The lowest BCUT2D eigenvalue weighted by molar-refractivity contribution is 0.0766. The summed E-state index contributed by atoms with van der Waals surface area (Å²) < 4.78 is 25.5. The number of benzene rings is 3. The molecule has 3 aromatic rings. The molecule has 1 unspecified atom stereocenters. The van der Waals surface area contributed by atoms with Gasteiger partial charge in [0.2, 0.25) is 0 Å². The van der Waals surface area contributed by atoms with Gasteiger partial charge >= 0.3 is 0 Å². The SMILES string of the molecule is O=C(c1ccc(-c2ccccc2)cc1)N1CCC(c2ccccc2)S(=O)(=O)CC1. The Balaban J connectivity index is 1.51. The quantitative estimate of drug-likeness (QED) is 0.651. The molecule has 0 radical (unpaired) electrons. The molecule has 29 heavy (non-hydrogen) atoms. The predicted molar refractivity (Wildman–Crippen MR) is 115 cm³/mol. The molecule has 1 saturated heterocycles. The molecule has 1 aliphatic rings. The van der Waals surface area contributed by atoms with Gasteiger partial charge in [0.25, 0.3) is 5.91 Å². The molecule has 3 aromatic carbocycles. The van der Waals surface area contributed by atoms with Crippen molar-refractivity contribution in [3.8, 4) is 11.1 Å². The van der Waals surface area contributed by atoms with Crippen LogP contribution < -0.4 is 0 Å². The second kappa shape index (κ2) is 8.21. The lowest BCUT2D eigenvalue weighted by Gasteiger charge is -2.20. The van der Waals surface area contributed by atoms with Crippen molar-refractivity contribution in [1.82, 2.24) is 4.90 Å². The van der Waals surface area contributed by atoms with Gasteiger partial charge in [-0.25, -0.2) is 8.42 Å². The molecule has 4 rings (SSSR count). The van der Waals surface area contributed by atoms with Gasteiger partial charge in [0.05, 0.1) is 11.0 Å². The maximum atomic E-state index is 13.0. The molecule has 1 heterocycles. The summed E-state index contributed by atoms with van der Waals surface area (Å²) in [4.78, 5) is 14.7. The minimum atomic E-state index is -3.30. The van der Waals surface area contributed by atoms with Crippen molar-refractivity contribution >= 4 is 15.7 Å². The lowest BCUT2D eigenvalue weighted by atomic mass is 10.0. The van der Waals surface area contributed by atoms with Crippen molar-refractivity contribution < 1.29 is 13.2 Å². The second-order valence-electron chi connectivity index (χ2n) is 7.29. The van der Waals surface area contributed by atoms with Crippen molar-refractivity contribution in [3.05, 3.63) is 96.1 Å². The summed E-state index contributed by atoms with van der Waals surface area (Å²) in [5.41, 5.74) is 3.53. The number of amides is 1. The number of rotatable bonds is 3. The van der Waals surface area contributed by atoms with Crippen LogP contribution in [0.4, 0.5) is 0 Å². The Morgan fingerprint density at radius 2 is 1.34 bits per heavy atom. The van der Waals surface area contributed by atoms with E-state index in [1.165, 1.54) is 0 Å². The van der Waals surface area contributed by atoms with Crippen LogP contribution in [0.1, 0.15) is 27.6 Å². The van der Waals surface area contributed by atoms with Gasteiger partial charge in [-0.2, -0.15) is 0 Å². The Kier molecular flexibility index (Phi) is 5.49. The van der Waals surface area contributed by atoms with Gasteiger partial charge in [-0.05, 0) is 35.2 Å². The Labute approximate surface area is 171 Å². The number of carbonyl (C=O) groups excluding carboxylic acids is 1. The topological polar surface area (TPSA) is 54.5 Å². The summed E-state index contributed by atoms with van der Waals surface area (Å²) in [5.74, 6) is -0.131. The van der Waals surface area contributed by atoms with Crippen LogP contribution in [0.5, 0.6) is 0 Å². The van der Waals surface area contributed by atoms with E-state index in [1.807, 2.05) is 84.9 Å². The molecule has 148 valence electrons. The summed E-state index contributed by atoms with van der Waals surface area (Å²) in [6.07, 6.45) is 0.417. The highest BCUT2D eigenvalue weighted by atomic mass is 32.2. The van der Waals surface area contributed by atoms with Crippen LogP contribution >= 0.6 is 0 Å². The van der Waals surface area contributed by atoms with Crippen molar-refractivity contribution in [1.29, 1.82) is 0 Å². The molecule has 0 N–H and O–H groups in total. The first-order chi connectivity index (χ1) is 14.0. The minimum absolute atomic E-state index is 0.0135. The maximum Gasteiger partial charge on any atom is 0.253 e. The number of hydrogen-bond acceptors (Lipinski definition) is 3. The van der Waals surface area contributed by atoms with Crippen LogP contribution in [-0.2, 0) is 9.84 Å². The largest absolute Gasteiger partial charge is 0.338 e. The van der Waals surface area contributed by atoms with Gasteiger partial charge in [-0.15, -0.1) is 0 Å². The molecular formula is C24H23NO3S. The van der Waals surface area contributed by atoms with Crippen molar-refractivity contribution in [3.63, 3.8) is 0 Å². The van der Waals surface area contributed by atoms with E-state index in [0.717, 1.165) is 16.7 Å². The van der Waals surface area contributed by atoms with Crippen LogP contribution in [0.2, 0.25) is 0 Å². The highest BCUT2D eigenvalue weighted by Crippen LogP contribution is 2.30. The molecule has 1 amide bonds. The predicted octanol–water partition coefficient (Wildman–Crippen LogP) is 4.36. The van der Waals surface area contributed by atoms with Gasteiger partial charge in [-0.3, -0.25) is 4.79 Å². The number of nitrogens with zero attached hydrogens (tertiary/aromatic N) is 1. The summed E-state index contributed by atoms with van der Waals surface area (Å²) in [5, 5.41) is -0.554. The van der Waals surface area contributed by atoms with Gasteiger partial charge in [0, 0.05) is 18.7 Å². The highest BCUT2D eigenvalue weighted by molar-refractivity contribution is 7.91. The summed E-state index contributed by atoms with van der Waals surface area (Å²) in [6.45, 7) is 0.656. The van der Waals surface area contributed by atoms with Gasteiger partial charge in [0.1, 0.15) is 0 Å². The number of carbonyl (C=O) groups is 1. The van der Waals surface area contributed by atoms with E-state index in [9.17, 15) is 13.2 Å². The van der Waals surface area contributed by atoms with Crippen LogP contribution in [0.25, 0.3) is 11.1 Å². The third kappa shape index (κ3) is 4.25. The first-order valence-corrected chi connectivity index (χ1v) is 11.5. The van der Waals surface area contributed by atoms with Gasteiger partial charge in [-0.1, -0.05) is 72.8 Å². The summed E-state index contributed by atoms with van der Waals surface area (Å²) in [7, 11) is -3.30. The number of hydrogen-bond donors (Lipinski definition) is 0. The molecule has 0 aliphatic carbocycles. The average Bonchev–Trinajstić information content (AvgIpc) is 2.92. The molecule has 0 bridgehead atoms. The Morgan fingerprint density at radius 1 is 0.759 bits per heavy atom. The Morgan fingerprint density at radius 3 is 2.00 bits per heavy atom. The van der Waals surface area contributed by atoms with Crippen molar-refractivity contribution in [2.75, 3.05) is 18.8 Å². The molecule has 0 spiro atoms.